The second kappa shape index (κ2) is 6.42. The highest BCUT2D eigenvalue weighted by Crippen LogP contribution is 2.22. The highest BCUT2D eigenvalue weighted by molar-refractivity contribution is 9.10. The molecule has 1 amide bonds. The molecule has 0 aliphatic heterocycles. The van der Waals surface area contributed by atoms with Crippen LogP contribution < -0.4 is 10.6 Å². The molecule has 21 heavy (non-hydrogen) atoms. The molecule has 0 bridgehead atoms. The van der Waals surface area contributed by atoms with Crippen molar-refractivity contribution < 1.29 is 4.79 Å². The predicted octanol–water partition coefficient (Wildman–Crippen LogP) is 3.92. The van der Waals surface area contributed by atoms with Crippen LogP contribution >= 0.6 is 15.9 Å². The van der Waals surface area contributed by atoms with Gasteiger partial charge in [-0.25, -0.2) is 0 Å². The number of nitrogens with zero attached hydrogens (tertiary/aromatic N) is 1. The minimum Gasteiger partial charge on any atom is -0.388 e. The first kappa shape index (κ1) is 15.1. The van der Waals surface area contributed by atoms with E-state index in [1.54, 1.807) is 24.3 Å². The zero-order chi connectivity index (χ0) is 15.4. The number of aryl methyl sites for hydroxylation is 1. The first-order chi connectivity index (χ1) is 10.0. The zero-order valence-corrected chi connectivity index (χ0v) is 13.3. The number of halogens is 1. The Bertz CT molecular complexity index is 735. The van der Waals surface area contributed by atoms with Gasteiger partial charge in [-0.3, -0.25) is 4.79 Å². The van der Waals surface area contributed by atoms with E-state index in [1.165, 1.54) is 0 Å². The SMILES string of the molecule is CNc1ccc(C(=O)Nc2ccc(Br)cc2C#N)cc1C. The highest BCUT2D eigenvalue weighted by atomic mass is 79.9. The Labute approximate surface area is 131 Å². The molecular formula is C16H14BrN3O. The summed E-state index contributed by atoms with van der Waals surface area (Å²) in [5.41, 5.74) is 3.44. The molecule has 0 aromatic heterocycles. The summed E-state index contributed by atoms with van der Waals surface area (Å²) in [6, 6.07) is 12.6. The number of carbonyl (C=O) groups is 1. The summed E-state index contributed by atoms with van der Waals surface area (Å²) < 4.78 is 0.797. The van der Waals surface area contributed by atoms with Gasteiger partial charge in [-0.15, -0.1) is 0 Å². The molecule has 0 atom stereocenters. The van der Waals surface area contributed by atoms with Gasteiger partial charge in [0.2, 0.25) is 0 Å². The van der Waals surface area contributed by atoms with E-state index in [2.05, 4.69) is 32.6 Å². The topological polar surface area (TPSA) is 64.9 Å². The molecule has 0 saturated carbocycles. The summed E-state index contributed by atoms with van der Waals surface area (Å²) in [6.45, 7) is 1.93. The normalized spacial score (nSPS) is 9.81. The number of nitrogens with one attached hydrogen (secondary N) is 2. The molecule has 106 valence electrons. The summed E-state index contributed by atoms with van der Waals surface area (Å²) in [5, 5.41) is 14.9. The van der Waals surface area contributed by atoms with Crippen LogP contribution in [-0.4, -0.2) is 13.0 Å². The molecule has 0 radical (unpaired) electrons. The molecular weight excluding hydrogens is 330 g/mol. The van der Waals surface area contributed by atoms with E-state index >= 15 is 0 Å². The van der Waals surface area contributed by atoms with Crippen molar-refractivity contribution in [2.24, 2.45) is 0 Å². The van der Waals surface area contributed by atoms with Crippen LogP contribution in [0.2, 0.25) is 0 Å². The lowest BCUT2D eigenvalue weighted by Gasteiger charge is -2.10. The summed E-state index contributed by atoms with van der Waals surface area (Å²) in [5.74, 6) is -0.237. The molecule has 0 saturated heterocycles. The minimum absolute atomic E-state index is 0.237. The van der Waals surface area contributed by atoms with Crippen molar-refractivity contribution in [1.29, 1.82) is 5.26 Å². The van der Waals surface area contributed by atoms with Gasteiger partial charge in [0.25, 0.3) is 5.91 Å². The van der Waals surface area contributed by atoms with Crippen LogP contribution in [0.1, 0.15) is 21.5 Å². The maximum absolute atomic E-state index is 12.3. The van der Waals surface area contributed by atoms with Crippen molar-refractivity contribution in [3.63, 3.8) is 0 Å². The second-order valence-corrected chi connectivity index (χ2v) is 5.45. The number of rotatable bonds is 3. The second-order valence-electron chi connectivity index (χ2n) is 4.54. The molecule has 2 aromatic carbocycles. The molecule has 2 aromatic rings. The predicted molar refractivity (Wildman–Crippen MR) is 87.5 cm³/mol. The van der Waals surface area contributed by atoms with Gasteiger partial charge in [0.15, 0.2) is 0 Å². The average molecular weight is 344 g/mol. The van der Waals surface area contributed by atoms with E-state index in [9.17, 15) is 4.79 Å². The van der Waals surface area contributed by atoms with Crippen LogP contribution in [0, 0.1) is 18.3 Å². The molecule has 5 heteroatoms. The summed E-state index contributed by atoms with van der Waals surface area (Å²) in [4.78, 5) is 12.3. The van der Waals surface area contributed by atoms with Gasteiger partial charge in [-0.1, -0.05) is 15.9 Å². The number of hydrogen-bond acceptors (Lipinski definition) is 3. The number of anilines is 2. The molecule has 0 aliphatic rings. The van der Waals surface area contributed by atoms with Crippen LogP contribution in [-0.2, 0) is 0 Å². The molecule has 2 N–H and O–H groups in total. The van der Waals surface area contributed by atoms with Gasteiger partial charge in [-0.05, 0) is 48.9 Å². The van der Waals surface area contributed by atoms with E-state index in [1.807, 2.05) is 26.1 Å². The summed E-state index contributed by atoms with van der Waals surface area (Å²) >= 11 is 3.30. The van der Waals surface area contributed by atoms with Gasteiger partial charge in [-0.2, -0.15) is 5.26 Å². The van der Waals surface area contributed by atoms with Crippen LogP contribution in [0.5, 0.6) is 0 Å². The van der Waals surface area contributed by atoms with Gasteiger partial charge in [0.05, 0.1) is 11.3 Å². The van der Waals surface area contributed by atoms with E-state index in [0.29, 0.717) is 16.8 Å². The standard InChI is InChI=1S/C16H14BrN3O/c1-10-7-11(3-5-14(10)19-2)16(21)20-15-6-4-13(17)8-12(15)9-18/h3-8,19H,1-2H3,(H,20,21). The minimum atomic E-state index is -0.237. The van der Waals surface area contributed by atoms with Gasteiger partial charge in [0, 0.05) is 22.8 Å². The van der Waals surface area contributed by atoms with E-state index in [-0.39, 0.29) is 5.91 Å². The van der Waals surface area contributed by atoms with Crippen molar-refractivity contribution in [2.75, 3.05) is 17.7 Å². The Morgan fingerprint density at radius 2 is 1.90 bits per heavy atom. The van der Waals surface area contributed by atoms with E-state index < -0.39 is 0 Å². The fourth-order valence-electron chi connectivity index (χ4n) is 2.00. The first-order valence-corrected chi connectivity index (χ1v) is 7.14. The van der Waals surface area contributed by atoms with Gasteiger partial charge < -0.3 is 10.6 Å². The fourth-order valence-corrected chi connectivity index (χ4v) is 2.36. The van der Waals surface area contributed by atoms with Gasteiger partial charge in [0.1, 0.15) is 6.07 Å². The third kappa shape index (κ3) is 3.41. The number of nitriles is 1. The number of benzene rings is 2. The molecule has 0 unspecified atom stereocenters. The number of amides is 1. The van der Waals surface area contributed by atoms with Crippen molar-refractivity contribution >= 4 is 33.2 Å². The molecule has 0 fully saturated rings. The first-order valence-electron chi connectivity index (χ1n) is 6.34. The van der Waals surface area contributed by atoms with Crippen molar-refractivity contribution in [3.8, 4) is 6.07 Å². The lowest BCUT2D eigenvalue weighted by Crippen LogP contribution is -2.13. The lowest BCUT2D eigenvalue weighted by molar-refractivity contribution is 0.102. The van der Waals surface area contributed by atoms with Crippen LogP contribution in [0.3, 0.4) is 0 Å². The summed E-state index contributed by atoms with van der Waals surface area (Å²) in [6.07, 6.45) is 0. The fraction of sp³-hybridized carbons (Fsp3) is 0.125. The van der Waals surface area contributed by atoms with E-state index in [4.69, 9.17) is 5.26 Å². The van der Waals surface area contributed by atoms with Crippen molar-refractivity contribution in [3.05, 3.63) is 57.6 Å². The Balaban J connectivity index is 2.26. The van der Waals surface area contributed by atoms with Crippen LogP contribution in [0.4, 0.5) is 11.4 Å². The van der Waals surface area contributed by atoms with E-state index in [0.717, 1.165) is 15.7 Å². The number of hydrogen-bond donors (Lipinski definition) is 2. The van der Waals surface area contributed by atoms with Crippen LogP contribution in [0.25, 0.3) is 0 Å². The maximum atomic E-state index is 12.3. The number of carbonyl (C=O) groups excluding carboxylic acids is 1. The molecule has 2 rings (SSSR count). The average Bonchev–Trinajstić information content (AvgIpc) is 2.48. The largest absolute Gasteiger partial charge is 0.388 e. The maximum Gasteiger partial charge on any atom is 0.255 e. The molecule has 0 spiro atoms. The smallest absolute Gasteiger partial charge is 0.255 e. The highest BCUT2D eigenvalue weighted by Gasteiger charge is 2.10. The third-order valence-corrected chi connectivity index (χ3v) is 3.60. The molecule has 0 aliphatic carbocycles. The lowest BCUT2D eigenvalue weighted by atomic mass is 10.1. The van der Waals surface area contributed by atoms with Crippen molar-refractivity contribution in [1.82, 2.24) is 0 Å². The molecule has 0 heterocycles. The Morgan fingerprint density at radius 1 is 1.19 bits per heavy atom. The van der Waals surface area contributed by atoms with Gasteiger partial charge >= 0.3 is 0 Å². The summed E-state index contributed by atoms with van der Waals surface area (Å²) in [7, 11) is 1.84. The third-order valence-electron chi connectivity index (χ3n) is 3.11. The Morgan fingerprint density at radius 3 is 2.52 bits per heavy atom. The monoisotopic (exact) mass is 343 g/mol. The Kier molecular flexibility index (Phi) is 4.61. The quantitative estimate of drug-likeness (QED) is 0.887. The molecule has 4 nitrogen and oxygen atoms in total. The Hall–Kier alpha value is -2.32. The van der Waals surface area contributed by atoms with Crippen LogP contribution in [0.15, 0.2) is 40.9 Å². The van der Waals surface area contributed by atoms with Crippen molar-refractivity contribution in [2.45, 2.75) is 6.92 Å². The zero-order valence-electron chi connectivity index (χ0n) is 11.7.